The minimum Gasteiger partial charge on any atom is -0.782 e. The summed E-state index contributed by atoms with van der Waals surface area (Å²) in [6.45, 7) is 0. The van der Waals surface area contributed by atoms with Gasteiger partial charge in [0.05, 0.1) is 0 Å². The van der Waals surface area contributed by atoms with Gasteiger partial charge < -0.3 is 28.5 Å². The topological polar surface area (TPSA) is 94.5 Å². The molecule has 6 N–H and O–H groups in total. The molecule has 0 amide bonds. The Kier molecular flexibility index (Phi) is 12.3. The van der Waals surface area contributed by atoms with Crippen LogP contribution >= 0.6 is 0 Å². The molecule has 0 spiro atoms. The molecule has 0 saturated carbocycles. The number of benzene rings is 3. The van der Waals surface area contributed by atoms with E-state index in [-0.39, 0.29) is 46.0 Å². The van der Waals surface area contributed by atoms with Crippen LogP contribution in [-0.4, -0.2) is 23.7 Å². The molecule has 0 aliphatic heterocycles. The monoisotopic (exact) mass is 368 g/mol. The summed E-state index contributed by atoms with van der Waals surface area (Å²) in [5, 5.41) is 3.81. The molecule has 3 nitrogen and oxygen atoms in total. The van der Waals surface area contributed by atoms with E-state index in [0.717, 1.165) is 0 Å². The Labute approximate surface area is 171 Å². The van der Waals surface area contributed by atoms with E-state index in [9.17, 15) is 0 Å². The first kappa shape index (κ1) is 25.3. The zero-order valence-electron chi connectivity index (χ0n) is 13.6. The molecule has 122 valence electrons. The van der Waals surface area contributed by atoms with Crippen LogP contribution in [0.3, 0.4) is 0 Å². The van der Waals surface area contributed by atoms with Gasteiger partial charge in [-0.25, -0.2) is 0 Å². The van der Waals surface area contributed by atoms with Gasteiger partial charge in [0.15, 0.2) is 0 Å². The Morgan fingerprint density at radius 2 is 0.667 bits per heavy atom. The van der Waals surface area contributed by atoms with E-state index in [1.165, 1.54) is 15.6 Å². The van der Waals surface area contributed by atoms with E-state index < -0.39 is 7.22 Å². The molecular weight excluding hydrogens is 347 g/mol. The molecule has 0 bridgehead atoms. The molecule has 24 heavy (non-hydrogen) atoms. The minimum atomic E-state index is -2.29. The van der Waals surface area contributed by atoms with Crippen LogP contribution in [0.2, 0.25) is 0 Å². The van der Waals surface area contributed by atoms with Gasteiger partial charge in [-0.05, 0) is 0 Å². The average molecular weight is 369 g/mol. The van der Waals surface area contributed by atoms with Crippen molar-refractivity contribution in [3.63, 3.8) is 0 Å². The van der Waals surface area contributed by atoms with Gasteiger partial charge in [0.1, 0.15) is 0 Å². The van der Waals surface area contributed by atoms with Crippen LogP contribution in [0.15, 0.2) is 91.0 Å². The number of hydrogen-bond donors (Lipinski definition) is 0. The standard InChI is InChI=1S/C18H15SSi.Na.3H2O/c19-20(16-10-4-1-5-11-16,17-12-6-2-7-13-17)18-14-8-3-9-15-18;;;;/h1-15H;;3*1H2/q-1;+1;;;. The van der Waals surface area contributed by atoms with Gasteiger partial charge in [-0.3, -0.25) is 0 Å². The fourth-order valence-electron chi connectivity index (χ4n) is 2.52. The van der Waals surface area contributed by atoms with Crippen LogP contribution in [0, 0.1) is 0 Å². The van der Waals surface area contributed by atoms with Gasteiger partial charge >= 0.3 is 29.6 Å². The van der Waals surface area contributed by atoms with Gasteiger partial charge in [-0.15, -0.1) is 0 Å². The van der Waals surface area contributed by atoms with E-state index >= 15 is 0 Å². The second kappa shape index (κ2) is 11.6. The van der Waals surface area contributed by atoms with Crippen molar-refractivity contribution < 1.29 is 46.0 Å². The molecule has 0 unspecified atom stereocenters. The molecule has 0 fully saturated rings. The summed E-state index contributed by atoms with van der Waals surface area (Å²) in [6.07, 6.45) is 0. The van der Waals surface area contributed by atoms with E-state index in [0.29, 0.717) is 0 Å². The van der Waals surface area contributed by atoms with Crippen molar-refractivity contribution in [2.24, 2.45) is 0 Å². The van der Waals surface area contributed by atoms with Crippen LogP contribution in [-0.2, 0) is 12.1 Å². The summed E-state index contributed by atoms with van der Waals surface area (Å²) in [7, 11) is -2.29. The maximum atomic E-state index is 6.24. The first-order valence-electron chi connectivity index (χ1n) is 6.69. The first-order chi connectivity index (χ1) is 9.82. The van der Waals surface area contributed by atoms with E-state index in [2.05, 4.69) is 72.8 Å². The zero-order valence-corrected chi connectivity index (χ0v) is 17.4. The molecular formula is C18H21NaO3SSi. The molecule has 0 aliphatic carbocycles. The third-order valence-corrected chi connectivity index (χ3v) is 9.10. The molecule has 0 atom stereocenters. The van der Waals surface area contributed by atoms with E-state index in [1.54, 1.807) is 0 Å². The summed E-state index contributed by atoms with van der Waals surface area (Å²) >= 11 is 6.24. The molecule has 3 aromatic rings. The number of hydrogen-bond acceptors (Lipinski definition) is 1. The van der Waals surface area contributed by atoms with Gasteiger partial charge in [0.25, 0.3) is 0 Å². The second-order valence-electron chi connectivity index (χ2n) is 4.78. The van der Waals surface area contributed by atoms with Crippen LogP contribution in [0.1, 0.15) is 0 Å². The van der Waals surface area contributed by atoms with Crippen molar-refractivity contribution in [1.29, 1.82) is 0 Å². The van der Waals surface area contributed by atoms with Crippen molar-refractivity contribution in [2.75, 3.05) is 0 Å². The number of rotatable bonds is 3. The Hall–Kier alpha value is -0.893. The quantitative estimate of drug-likeness (QED) is 0.271. The van der Waals surface area contributed by atoms with E-state index in [4.69, 9.17) is 12.1 Å². The van der Waals surface area contributed by atoms with Crippen molar-refractivity contribution in [2.45, 2.75) is 0 Å². The summed E-state index contributed by atoms with van der Waals surface area (Å²) in [6, 6.07) is 31.6. The first-order valence-corrected chi connectivity index (χ1v) is 9.82. The van der Waals surface area contributed by atoms with Crippen LogP contribution < -0.4 is 45.1 Å². The third-order valence-electron chi connectivity index (χ3n) is 3.54. The van der Waals surface area contributed by atoms with Crippen LogP contribution in [0.4, 0.5) is 0 Å². The zero-order chi connectivity index (χ0) is 13.8. The van der Waals surface area contributed by atoms with Gasteiger partial charge in [-0.2, -0.15) is 0 Å². The van der Waals surface area contributed by atoms with Gasteiger partial charge in [-0.1, -0.05) is 107 Å². The Morgan fingerprint density at radius 3 is 0.875 bits per heavy atom. The molecule has 0 heterocycles. The van der Waals surface area contributed by atoms with Gasteiger partial charge in [0.2, 0.25) is 0 Å². The van der Waals surface area contributed by atoms with Crippen LogP contribution in [0.5, 0.6) is 0 Å². The fourth-order valence-corrected chi connectivity index (χ4v) is 6.73. The molecule has 0 radical (unpaired) electrons. The summed E-state index contributed by atoms with van der Waals surface area (Å²) in [5.74, 6) is 0. The fraction of sp³-hybridized carbons (Fsp3) is 0. The van der Waals surface area contributed by atoms with Crippen molar-refractivity contribution >= 4 is 34.9 Å². The smallest absolute Gasteiger partial charge is 0.782 e. The summed E-state index contributed by atoms with van der Waals surface area (Å²) in [4.78, 5) is 0. The van der Waals surface area contributed by atoms with Crippen molar-refractivity contribution in [3.8, 4) is 0 Å². The molecule has 0 aliphatic rings. The molecule has 0 aromatic heterocycles. The predicted octanol–water partition coefficient (Wildman–Crippen LogP) is -3.27. The SMILES string of the molecule is O.O.O.[Na+].[S-][Si](c1ccccc1)(c1ccccc1)c1ccccc1. The van der Waals surface area contributed by atoms with Gasteiger partial charge in [0, 0.05) is 7.22 Å². The molecule has 3 aromatic carbocycles. The molecule has 3 rings (SSSR count). The Balaban J connectivity index is 0. The maximum Gasteiger partial charge on any atom is 1.00 e. The summed E-state index contributed by atoms with van der Waals surface area (Å²) in [5.41, 5.74) is 0. The second-order valence-corrected chi connectivity index (χ2v) is 9.71. The Bertz CT molecular complexity index is 588. The third kappa shape index (κ3) is 5.05. The maximum absolute atomic E-state index is 6.24. The predicted molar refractivity (Wildman–Crippen MR) is 102 cm³/mol. The van der Waals surface area contributed by atoms with Crippen molar-refractivity contribution in [1.82, 2.24) is 0 Å². The Morgan fingerprint density at radius 1 is 0.458 bits per heavy atom. The molecule has 6 heteroatoms. The largest absolute Gasteiger partial charge is 1.00 e. The average Bonchev–Trinajstić information content (AvgIpc) is 2.56. The summed E-state index contributed by atoms with van der Waals surface area (Å²) < 4.78 is 0. The van der Waals surface area contributed by atoms with E-state index in [1.807, 2.05) is 18.2 Å². The molecule has 0 saturated heterocycles. The van der Waals surface area contributed by atoms with Crippen molar-refractivity contribution in [3.05, 3.63) is 91.0 Å². The van der Waals surface area contributed by atoms with Crippen LogP contribution in [0.25, 0.3) is 0 Å². The normalized spacial score (nSPS) is 9.38. The minimum absolute atomic E-state index is 0.